The van der Waals surface area contributed by atoms with E-state index in [-0.39, 0.29) is 30.2 Å². The number of hydrogen-bond donors (Lipinski definition) is 2. The van der Waals surface area contributed by atoms with Crippen molar-refractivity contribution in [3.8, 4) is 0 Å². The fraction of sp³-hybridized carbons (Fsp3) is 0.350. The number of carbonyl (C=O) groups excluding carboxylic acids is 1. The molecule has 0 radical (unpaired) electrons. The van der Waals surface area contributed by atoms with Crippen molar-refractivity contribution < 1.29 is 9.18 Å². The summed E-state index contributed by atoms with van der Waals surface area (Å²) in [6.45, 7) is 3.52. The number of hydrogen-bond acceptors (Lipinski definition) is 3. The third-order valence-corrected chi connectivity index (χ3v) is 5.02. The van der Waals surface area contributed by atoms with Crippen LogP contribution in [0.5, 0.6) is 0 Å². The lowest BCUT2D eigenvalue weighted by Crippen LogP contribution is -2.47. The van der Waals surface area contributed by atoms with E-state index in [1.807, 2.05) is 30.3 Å². The summed E-state index contributed by atoms with van der Waals surface area (Å²) in [6.07, 6.45) is 0.399. The van der Waals surface area contributed by atoms with Crippen LogP contribution in [0.1, 0.15) is 23.6 Å². The Hall–Kier alpha value is -1.66. The van der Waals surface area contributed by atoms with Gasteiger partial charge < -0.3 is 10.6 Å². The largest absolute Gasteiger partial charge is 0.352 e. The van der Waals surface area contributed by atoms with E-state index in [2.05, 4.69) is 15.5 Å². The highest BCUT2D eigenvalue weighted by Gasteiger charge is 2.24. The Kier molecular flexibility index (Phi) is 8.51. The molecule has 1 amide bonds. The molecule has 1 heterocycles. The molecule has 1 aliphatic heterocycles. The summed E-state index contributed by atoms with van der Waals surface area (Å²) in [4.78, 5) is 14.4. The van der Waals surface area contributed by atoms with Gasteiger partial charge in [0.15, 0.2) is 0 Å². The normalized spacial score (nSPS) is 17.2. The first-order chi connectivity index (χ1) is 12.6. The van der Waals surface area contributed by atoms with E-state index in [9.17, 15) is 9.18 Å². The van der Waals surface area contributed by atoms with Gasteiger partial charge in [-0.25, -0.2) is 4.39 Å². The molecular formula is C20H24Cl2FN3O. The average molecular weight is 412 g/mol. The van der Waals surface area contributed by atoms with Crippen LogP contribution in [0.2, 0.25) is 5.02 Å². The Morgan fingerprint density at radius 2 is 2.07 bits per heavy atom. The van der Waals surface area contributed by atoms with E-state index >= 15 is 0 Å². The van der Waals surface area contributed by atoms with E-state index in [0.717, 1.165) is 30.8 Å². The molecule has 2 aromatic rings. The highest BCUT2D eigenvalue weighted by atomic mass is 35.5. The van der Waals surface area contributed by atoms with Gasteiger partial charge in [-0.15, -0.1) is 12.4 Å². The molecule has 0 bridgehead atoms. The second kappa shape index (κ2) is 10.6. The Morgan fingerprint density at radius 3 is 2.85 bits per heavy atom. The number of benzene rings is 2. The summed E-state index contributed by atoms with van der Waals surface area (Å²) in [7, 11) is 0. The molecule has 3 rings (SSSR count). The molecule has 2 aromatic carbocycles. The van der Waals surface area contributed by atoms with Crippen LogP contribution in [-0.4, -0.2) is 37.0 Å². The SMILES string of the molecule is Cl.O=C(CCN1CCNCC1c1cccc(F)c1)NCc1ccccc1Cl. The van der Waals surface area contributed by atoms with Crippen molar-refractivity contribution in [2.75, 3.05) is 26.2 Å². The summed E-state index contributed by atoms with van der Waals surface area (Å²) in [5.74, 6) is -0.244. The lowest BCUT2D eigenvalue weighted by Gasteiger charge is -2.36. The van der Waals surface area contributed by atoms with Crippen LogP contribution in [0, 0.1) is 5.82 Å². The van der Waals surface area contributed by atoms with Gasteiger partial charge in [-0.3, -0.25) is 9.69 Å². The molecular weight excluding hydrogens is 388 g/mol. The van der Waals surface area contributed by atoms with Gasteiger partial charge in [-0.2, -0.15) is 0 Å². The molecule has 1 unspecified atom stereocenters. The second-order valence-electron chi connectivity index (χ2n) is 6.43. The summed E-state index contributed by atoms with van der Waals surface area (Å²) < 4.78 is 13.5. The van der Waals surface area contributed by atoms with Crippen LogP contribution in [0.4, 0.5) is 4.39 Å². The lowest BCUT2D eigenvalue weighted by molar-refractivity contribution is -0.121. The maximum absolute atomic E-state index is 13.5. The van der Waals surface area contributed by atoms with Crippen LogP contribution in [0.3, 0.4) is 0 Å². The van der Waals surface area contributed by atoms with Crippen LogP contribution >= 0.6 is 24.0 Å². The standard InChI is InChI=1S/C20H23ClFN3O.ClH/c21-18-7-2-1-4-16(18)13-24-20(26)8-10-25-11-9-23-14-19(25)15-5-3-6-17(22)12-15;/h1-7,12,19,23H,8-11,13-14H2,(H,24,26);1H. The molecule has 1 saturated heterocycles. The van der Waals surface area contributed by atoms with E-state index < -0.39 is 0 Å². The highest BCUT2D eigenvalue weighted by molar-refractivity contribution is 6.31. The summed E-state index contributed by atoms with van der Waals surface area (Å²) in [5.41, 5.74) is 1.84. The zero-order valence-corrected chi connectivity index (χ0v) is 16.5. The molecule has 1 fully saturated rings. The highest BCUT2D eigenvalue weighted by Crippen LogP contribution is 2.23. The minimum absolute atomic E-state index is 0. The smallest absolute Gasteiger partial charge is 0.221 e. The number of nitrogens with zero attached hydrogens (tertiary/aromatic N) is 1. The van der Waals surface area contributed by atoms with Gasteiger partial charge in [0, 0.05) is 50.2 Å². The van der Waals surface area contributed by atoms with Gasteiger partial charge in [-0.05, 0) is 29.3 Å². The van der Waals surface area contributed by atoms with Gasteiger partial charge in [0.1, 0.15) is 5.82 Å². The van der Waals surface area contributed by atoms with Gasteiger partial charge in [-0.1, -0.05) is 41.9 Å². The van der Waals surface area contributed by atoms with Crippen molar-refractivity contribution in [1.82, 2.24) is 15.5 Å². The third kappa shape index (κ3) is 6.18. The third-order valence-electron chi connectivity index (χ3n) is 4.65. The molecule has 0 aliphatic carbocycles. The number of nitrogens with one attached hydrogen (secondary N) is 2. The molecule has 0 aromatic heterocycles. The first-order valence-electron chi connectivity index (χ1n) is 8.84. The summed E-state index contributed by atoms with van der Waals surface area (Å²) >= 11 is 6.11. The molecule has 0 spiro atoms. The van der Waals surface area contributed by atoms with Crippen molar-refractivity contribution in [2.45, 2.75) is 19.0 Å². The molecule has 27 heavy (non-hydrogen) atoms. The molecule has 1 aliphatic rings. The van der Waals surface area contributed by atoms with Crippen LogP contribution in [0.25, 0.3) is 0 Å². The van der Waals surface area contributed by atoms with Crippen molar-refractivity contribution in [3.05, 3.63) is 70.5 Å². The van der Waals surface area contributed by atoms with Crippen molar-refractivity contribution in [2.24, 2.45) is 0 Å². The number of halogens is 3. The topological polar surface area (TPSA) is 44.4 Å². The minimum atomic E-state index is -0.231. The number of carbonyl (C=O) groups is 1. The van der Waals surface area contributed by atoms with Crippen LogP contribution < -0.4 is 10.6 Å². The zero-order valence-electron chi connectivity index (χ0n) is 15.0. The molecule has 146 valence electrons. The maximum atomic E-state index is 13.5. The predicted molar refractivity (Wildman–Crippen MR) is 109 cm³/mol. The van der Waals surface area contributed by atoms with E-state index in [4.69, 9.17) is 11.6 Å². The number of amides is 1. The van der Waals surface area contributed by atoms with Crippen molar-refractivity contribution >= 4 is 29.9 Å². The van der Waals surface area contributed by atoms with Gasteiger partial charge >= 0.3 is 0 Å². The molecule has 2 N–H and O–H groups in total. The van der Waals surface area contributed by atoms with Crippen LogP contribution in [0.15, 0.2) is 48.5 Å². The second-order valence-corrected chi connectivity index (χ2v) is 6.84. The fourth-order valence-electron chi connectivity index (χ4n) is 3.23. The molecule has 7 heteroatoms. The van der Waals surface area contributed by atoms with Gasteiger partial charge in [0.25, 0.3) is 0 Å². The maximum Gasteiger partial charge on any atom is 0.221 e. The summed E-state index contributed by atoms with van der Waals surface area (Å²) in [6, 6.07) is 14.2. The zero-order chi connectivity index (χ0) is 18.4. The Balaban J connectivity index is 0.00000261. The number of piperazine rings is 1. The first-order valence-corrected chi connectivity index (χ1v) is 9.21. The predicted octanol–water partition coefficient (Wildman–Crippen LogP) is 3.55. The molecule has 1 atom stereocenters. The lowest BCUT2D eigenvalue weighted by atomic mass is 10.0. The fourth-order valence-corrected chi connectivity index (χ4v) is 3.43. The van der Waals surface area contributed by atoms with E-state index in [1.54, 1.807) is 12.1 Å². The monoisotopic (exact) mass is 411 g/mol. The van der Waals surface area contributed by atoms with Crippen molar-refractivity contribution in [3.63, 3.8) is 0 Å². The van der Waals surface area contributed by atoms with Crippen molar-refractivity contribution in [1.29, 1.82) is 0 Å². The van der Waals surface area contributed by atoms with Gasteiger partial charge in [0.05, 0.1) is 0 Å². The first kappa shape index (κ1) is 21.6. The van der Waals surface area contributed by atoms with Gasteiger partial charge in [0.2, 0.25) is 5.91 Å². The molecule has 4 nitrogen and oxygen atoms in total. The number of rotatable bonds is 6. The van der Waals surface area contributed by atoms with E-state index in [1.165, 1.54) is 6.07 Å². The Morgan fingerprint density at radius 1 is 1.26 bits per heavy atom. The summed E-state index contributed by atoms with van der Waals surface area (Å²) in [5, 5.41) is 6.92. The Labute approximate surface area is 170 Å². The average Bonchev–Trinajstić information content (AvgIpc) is 2.66. The minimum Gasteiger partial charge on any atom is -0.352 e. The Bertz CT molecular complexity index is 760. The quantitative estimate of drug-likeness (QED) is 0.763. The van der Waals surface area contributed by atoms with E-state index in [0.29, 0.717) is 24.5 Å². The van der Waals surface area contributed by atoms with Crippen LogP contribution in [-0.2, 0) is 11.3 Å². The molecule has 0 saturated carbocycles.